The predicted octanol–water partition coefficient (Wildman–Crippen LogP) is 2.20. The van der Waals surface area contributed by atoms with Gasteiger partial charge >= 0.3 is 0 Å². The molecule has 1 aromatic rings. The number of hydrogen-bond donors (Lipinski definition) is 0. The van der Waals surface area contributed by atoms with Crippen molar-refractivity contribution in [1.29, 1.82) is 5.26 Å². The smallest absolute Gasteiger partial charge is 0.167 e. The van der Waals surface area contributed by atoms with Crippen molar-refractivity contribution in [3.63, 3.8) is 0 Å². The van der Waals surface area contributed by atoms with Crippen LogP contribution in [0.1, 0.15) is 30.1 Å². The lowest BCUT2D eigenvalue weighted by Crippen LogP contribution is -2.13. The van der Waals surface area contributed by atoms with Crippen LogP contribution in [0.25, 0.3) is 0 Å². The molecule has 0 fully saturated rings. The number of carbonyl (C=O) groups is 1. The van der Waals surface area contributed by atoms with Gasteiger partial charge in [-0.05, 0) is 18.6 Å². The van der Waals surface area contributed by atoms with E-state index in [4.69, 9.17) is 5.26 Å². The largest absolute Gasteiger partial charge is 0.294 e. The Hall–Kier alpha value is -1.69. The maximum Gasteiger partial charge on any atom is 0.167 e. The highest BCUT2D eigenvalue weighted by Gasteiger charge is 2.17. The van der Waals surface area contributed by atoms with Crippen LogP contribution >= 0.6 is 0 Å². The predicted molar refractivity (Wildman–Crippen MR) is 52.6 cm³/mol. The van der Waals surface area contributed by atoms with E-state index in [0.29, 0.717) is 12.0 Å². The summed E-state index contributed by atoms with van der Waals surface area (Å²) in [5.74, 6) is -0.140. The third-order valence-electron chi connectivity index (χ3n) is 2.17. The molecule has 0 aliphatic carbocycles. The van der Waals surface area contributed by atoms with Gasteiger partial charge in [-0.2, -0.15) is 5.26 Å². The summed E-state index contributed by atoms with van der Waals surface area (Å²) in [4.78, 5) is 15.6. The van der Waals surface area contributed by atoms with E-state index < -0.39 is 0 Å². The molecule has 0 aliphatic heterocycles. The molecule has 0 saturated carbocycles. The highest BCUT2D eigenvalue weighted by molar-refractivity contribution is 5.97. The van der Waals surface area contributed by atoms with Crippen LogP contribution in [-0.4, -0.2) is 10.8 Å². The first kappa shape index (κ1) is 10.4. The molecule has 1 rings (SSSR count). The van der Waals surface area contributed by atoms with Gasteiger partial charge in [-0.3, -0.25) is 9.78 Å². The zero-order valence-electron chi connectivity index (χ0n) is 8.10. The minimum atomic E-state index is -0.178. The Kier molecular flexibility index (Phi) is 3.81. The number of Topliss-reactive ketones (excluding diaryl/α,β-unsaturated/α-hetero) is 1. The van der Waals surface area contributed by atoms with Gasteiger partial charge in [0, 0.05) is 30.3 Å². The molecule has 0 amide bonds. The van der Waals surface area contributed by atoms with Crippen molar-refractivity contribution in [1.82, 2.24) is 4.98 Å². The van der Waals surface area contributed by atoms with Crippen molar-refractivity contribution in [2.75, 3.05) is 0 Å². The Labute approximate surface area is 83.4 Å². The lowest BCUT2D eigenvalue weighted by Gasteiger charge is -2.08. The minimum Gasteiger partial charge on any atom is -0.294 e. The Balaban J connectivity index is 2.79. The lowest BCUT2D eigenvalue weighted by atomic mass is 9.93. The second kappa shape index (κ2) is 5.13. The van der Waals surface area contributed by atoms with Crippen LogP contribution in [0.4, 0.5) is 0 Å². The van der Waals surface area contributed by atoms with Crippen LogP contribution in [-0.2, 0) is 0 Å². The number of pyridine rings is 1. The van der Waals surface area contributed by atoms with Crippen LogP contribution in [0.15, 0.2) is 24.5 Å². The molecule has 3 heteroatoms. The van der Waals surface area contributed by atoms with E-state index in [1.807, 2.05) is 13.0 Å². The fraction of sp³-hybridized carbons (Fsp3) is 0.364. The van der Waals surface area contributed by atoms with E-state index in [1.54, 1.807) is 24.5 Å². The normalized spacial score (nSPS) is 11.7. The zero-order valence-corrected chi connectivity index (χ0v) is 8.10. The Morgan fingerprint density at radius 2 is 2.21 bits per heavy atom. The summed E-state index contributed by atoms with van der Waals surface area (Å²) in [6, 6.07) is 5.40. The zero-order chi connectivity index (χ0) is 10.4. The van der Waals surface area contributed by atoms with Gasteiger partial charge in [-0.15, -0.1) is 0 Å². The Bertz CT molecular complexity index is 340. The number of rotatable bonds is 4. The van der Waals surface area contributed by atoms with Gasteiger partial charge < -0.3 is 0 Å². The number of nitrogens with zero attached hydrogens (tertiary/aromatic N) is 2. The Morgan fingerprint density at radius 1 is 1.57 bits per heavy atom. The minimum absolute atomic E-state index is 0.0384. The van der Waals surface area contributed by atoms with E-state index in [2.05, 4.69) is 4.98 Å². The Morgan fingerprint density at radius 3 is 2.71 bits per heavy atom. The molecule has 0 bridgehead atoms. The summed E-state index contributed by atoms with van der Waals surface area (Å²) in [5.41, 5.74) is 0.641. The van der Waals surface area contributed by atoms with Crippen molar-refractivity contribution in [3.8, 4) is 6.07 Å². The molecule has 1 unspecified atom stereocenters. The van der Waals surface area contributed by atoms with Gasteiger partial charge in [-0.1, -0.05) is 6.92 Å². The average molecular weight is 188 g/mol. The summed E-state index contributed by atoms with van der Waals surface area (Å²) in [5, 5.41) is 8.55. The quantitative estimate of drug-likeness (QED) is 0.680. The van der Waals surface area contributed by atoms with Gasteiger partial charge in [0.15, 0.2) is 5.78 Å². The van der Waals surface area contributed by atoms with Gasteiger partial charge in [0.1, 0.15) is 0 Å². The fourth-order valence-electron chi connectivity index (χ4n) is 1.28. The van der Waals surface area contributed by atoms with E-state index >= 15 is 0 Å². The monoisotopic (exact) mass is 188 g/mol. The molecule has 1 heterocycles. The van der Waals surface area contributed by atoms with Crippen LogP contribution in [0.5, 0.6) is 0 Å². The highest BCUT2D eigenvalue weighted by atomic mass is 16.1. The van der Waals surface area contributed by atoms with Gasteiger partial charge in [0.2, 0.25) is 0 Å². The number of hydrogen-bond acceptors (Lipinski definition) is 3. The highest BCUT2D eigenvalue weighted by Crippen LogP contribution is 2.14. The molecule has 0 N–H and O–H groups in total. The third-order valence-corrected chi connectivity index (χ3v) is 2.17. The first-order valence-corrected chi connectivity index (χ1v) is 4.60. The number of carbonyl (C=O) groups excluding carboxylic acids is 1. The molecule has 14 heavy (non-hydrogen) atoms. The van der Waals surface area contributed by atoms with Crippen LogP contribution < -0.4 is 0 Å². The van der Waals surface area contributed by atoms with Crippen LogP contribution in [0.3, 0.4) is 0 Å². The van der Waals surface area contributed by atoms with Gasteiger partial charge in [0.25, 0.3) is 0 Å². The topological polar surface area (TPSA) is 53.8 Å². The SMILES string of the molecule is CCC(CC#N)C(=O)c1ccncc1. The van der Waals surface area contributed by atoms with Crippen molar-refractivity contribution >= 4 is 5.78 Å². The van der Waals surface area contributed by atoms with Crippen molar-refractivity contribution in [2.45, 2.75) is 19.8 Å². The van der Waals surface area contributed by atoms with Gasteiger partial charge in [0.05, 0.1) is 6.07 Å². The second-order valence-electron chi connectivity index (χ2n) is 3.07. The molecule has 1 aromatic heterocycles. The molecule has 0 aromatic carbocycles. The summed E-state index contributed by atoms with van der Waals surface area (Å²) >= 11 is 0. The maximum absolute atomic E-state index is 11.8. The first-order chi connectivity index (χ1) is 6.79. The van der Waals surface area contributed by atoms with Gasteiger partial charge in [-0.25, -0.2) is 0 Å². The van der Waals surface area contributed by atoms with Crippen molar-refractivity contribution in [2.24, 2.45) is 5.92 Å². The summed E-state index contributed by atoms with van der Waals surface area (Å²) in [6.07, 6.45) is 4.17. The summed E-state index contributed by atoms with van der Waals surface area (Å²) in [6.45, 7) is 1.92. The molecule has 0 spiro atoms. The van der Waals surface area contributed by atoms with Crippen molar-refractivity contribution < 1.29 is 4.79 Å². The standard InChI is InChI=1S/C11H12N2O/c1-2-9(3-6-12)11(14)10-4-7-13-8-5-10/h4-5,7-9H,2-3H2,1H3. The third kappa shape index (κ3) is 2.40. The molecular weight excluding hydrogens is 176 g/mol. The first-order valence-electron chi connectivity index (χ1n) is 4.60. The number of nitriles is 1. The maximum atomic E-state index is 11.8. The summed E-state index contributed by atoms with van der Waals surface area (Å²) < 4.78 is 0. The van der Waals surface area contributed by atoms with Crippen molar-refractivity contribution in [3.05, 3.63) is 30.1 Å². The number of ketones is 1. The molecule has 1 atom stereocenters. The number of aromatic nitrogens is 1. The molecule has 3 nitrogen and oxygen atoms in total. The average Bonchev–Trinajstić information content (AvgIpc) is 2.26. The van der Waals surface area contributed by atoms with Crippen LogP contribution in [0.2, 0.25) is 0 Å². The van der Waals surface area contributed by atoms with Crippen LogP contribution in [0, 0.1) is 17.2 Å². The van der Waals surface area contributed by atoms with E-state index in [0.717, 1.165) is 0 Å². The molecule has 72 valence electrons. The van der Waals surface area contributed by atoms with E-state index in [1.165, 1.54) is 0 Å². The van der Waals surface area contributed by atoms with E-state index in [9.17, 15) is 4.79 Å². The fourth-order valence-corrected chi connectivity index (χ4v) is 1.28. The summed E-state index contributed by atoms with van der Waals surface area (Å²) in [7, 11) is 0. The second-order valence-corrected chi connectivity index (χ2v) is 3.07. The molecular formula is C11H12N2O. The lowest BCUT2D eigenvalue weighted by molar-refractivity contribution is 0.0918. The molecule has 0 saturated heterocycles. The molecule has 0 radical (unpaired) electrons. The van der Waals surface area contributed by atoms with E-state index in [-0.39, 0.29) is 18.1 Å². The molecule has 0 aliphatic rings.